The number of benzene rings is 2. The minimum Gasteiger partial charge on any atom is -0.497 e. The molecule has 3 heterocycles. The largest absolute Gasteiger partial charge is 0.497 e. The van der Waals surface area contributed by atoms with Crippen molar-refractivity contribution in [3.05, 3.63) is 102 Å². The summed E-state index contributed by atoms with van der Waals surface area (Å²) in [5.41, 5.74) is 2.60. The number of ether oxygens (including phenoxy) is 10. The molecule has 0 aromatic heterocycles. The van der Waals surface area contributed by atoms with Gasteiger partial charge in [-0.05, 0) is 123 Å². The van der Waals surface area contributed by atoms with Crippen LogP contribution in [0.2, 0.25) is 36.3 Å². The molecule has 3 aliphatic rings. The first kappa shape index (κ1) is 74.2. The third kappa shape index (κ3) is 22.7. The summed E-state index contributed by atoms with van der Waals surface area (Å²) in [5, 5.41) is 10.1. The van der Waals surface area contributed by atoms with E-state index in [2.05, 4.69) is 87.3 Å². The first-order chi connectivity index (χ1) is 41.0. The van der Waals surface area contributed by atoms with E-state index in [1.807, 2.05) is 81.4 Å². The van der Waals surface area contributed by atoms with Crippen LogP contribution >= 0.6 is 0 Å². The molecule has 0 aliphatic carbocycles. The van der Waals surface area contributed by atoms with Gasteiger partial charge < -0.3 is 61.3 Å². The SMILES string of the molecule is C=C1C[C@@H](C[C@H]2C[C@@H](O[Si](C)(C)C(C)(C)C)C[C@@H](C[C@H](CCO)OCc3ccc(OC)cc3)O2)O[C@@H](/C=C/C(C)(C)[C@]2(OC)O[C@H](C[C@@H](O[Si](C)(C)C(C)(C)C)[C@@H](C)OCOCc3ccccc3)C/C(=C\C(=O)OC)[C@@H]2OC(=O)CCCCCCC)C1. The lowest BCUT2D eigenvalue weighted by atomic mass is 9.73. The number of carbonyl (C=O) groups excluding carboxylic acids is 2. The van der Waals surface area contributed by atoms with Crippen molar-refractivity contribution in [2.75, 3.05) is 34.7 Å². The summed E-state index contributed by atoms with van der Waals surface area (Å²) in [5.74, 6) is -1.88. The predicted molar refractivity (Wildman–Crippen MR) is 348 cm³/mol. The van der Waals surface area contributed by atoms with E-state index in [1.165, 1.54) is 13.2 Å². The standard InChI is InChI=1S/C70H114O15Si2/c1-19-20-21-22-26-29-64(72)82-66-54(41-65(73)75-13)40-61(46-63(85-87(17,18)68(7,8)9)51(3)79-49-77-47-52-27-24-23-25-28-52)83-70(66,76-14)69(10,11)36-34-57-38-50(2)39-58(80-57)43-60-45-62(84-86(15,16)67(4,5)6)44-59(81-60)42-56(35-37-71)78-48-53-30-32-55(74-12)33-31-53/h23-25,27-28,30-34,36,41,51,56-63,66,71H,2,19-22,26,29,35,37-40,42-49H2,1,3-18H3/b36-34+,54-41+/t51-,56+,57+,58+,59-,60+,61+,62+,63-,66+,70-/m1/s1. The van der Waals surface area contributed by atoms with Crippen LogP contribution in [0.25, 0.3) is 0 Å². The van der Waals surface area contributed by atoms with Crippen LogP contribution in [0.1, 0.15) is 177 Å². The maximum absolute atomic E-state index is 14.2. The van der Waals surface area contributed by atoms with Gasteiger partial charge in [0.15, 0.2) is 22.7 Å². The Morgan fingerprint density at radius 3 is 2.08 bits per heavy atom. The fourth-order valence-corrected chi connectivity index (χ4v) is 14.2. The Kier molecular flexibility index (Phi) is 29.2. The van der Waals surface area contributed by atoms with Gasteiger partial charge in [-0.25, -0.2) is 4.79 Å². The zero-order chi connectivity index (χ0) is 64.2. The molecule has 0 radical (unpaired) electrons. The zero-order valence-electron chi connectivity index (χ0n) is 56.5. The zero-order valence-corrected chi connectivity index (χ0v) is 58.5. The van der Waals surface area contributed by atoms with Crippen molar-refractivity contribution in [2.24, 2.45) is 5.41 Å². The number of carbonyl (C=O) groups is 2. The molecule has 87 heavy (non-hydrogen) atoms. The molecule has 3 fully saturated rings. The van der Waals surface area contributed by atoms with Gasteiger partial charge in [-0.1, -0.05) is 155 Å². The van der Waals surface area contributed by atoms with Gasteiger partial charge in [0.05, 0.1) is 76.3 Å². The number of unbranched alkanes of at least 4 members (excludes halogenated alkanes) is 4. The Labute approximate surface area is 526 Å². The fourth-order valence-electron chi connectivity index (χ4n) is 11.5. The Hall–Kier alpha value is -3.57. The van der Waals surface area contributed by atoms with E-state index in [1.54, 1.807) is 14.2 Å². The van der Waals surface area contributed by atoms with Gasteiger partial charge in [0, 0.05) is 50.6 Å². The number of aliphatic hydroxyl groups excluding tert-OH is 1. The van der Waals surface area contributed by atoms with Gasteiger partial charge in [-0.2, -0.15) is 0 Å². The maximum Gasteiger partial charge on any atom is 0.330 e. The van der Waals surface area contributed by atoms with E-state index in [0.29, 0.717) is 63.7 Å². The van der Waals surface area contributed by atoms with Gasteiger partial charge in [0.1, 0.15) is 12.5 Å². The summed E-state index contributed by atoms with van der Waals surface area (Å²) in [6.45, 7) is 36.1. The molecule has 492 valence electrons. The van der Waals surface area contributed by atoms with Crippen LogP contribution in [-0.2, 0) is 74.3 Å². The molecular weight excluding hydrogens is 1140 g/mol. The molecule has 15 nitrogen and oxygen atoms in total. The number of hydrogen-bond donors (Lipinski definition) is 1. The van der Waals surface area contributed by atoms with E-state index in [4.69, 9.17) is 56.2 Å². The summed E-state index contributed by atoms with van der Waals surface area (Å²) in [4.78, 5) is 27.7. The Balaban J connectivity index is 1.45. The van der Waals surface area contributed by atoms with Crippen LogP contribution < -0.4 is 4.74 Å². The highest BCUT2D eigenvalue weighted by Gasteiger charge is 2.59. The first-order valence-electron chi connectivity index (χ1n) is 32.3. The summed E-state index contributed by atoms with van der Waals surface area (Å²) in [6, 6.07) is 17.8. The van der Waals surface area contributed by atoms with E-state index < -0.39 is 64.2 Å². The summed E-state index contributed by atoms with van der Waals surface area (Å²) >= 11 is 0. The lowest BCUT2D eigenvalue weighted by Gasteiger charge is -2.53. The number of methoxy groups -OCH3 is 3. The molecule has 0 amide bonds. The van der Waals surface area contributed by atoms with Gasteiger partial charge in [-0.3, -0.25) is 4.79 Å². The average molecular weight is 1250 g/mol. The van der Waals surface area contributed by atoms with Gasteiger partial charge >= 0.3 is 11.9 Å². The smallest absolute Gasteiger partial charge is 0.330 e. The molecule has 2 aromatic carbocycles. The van der Waals surface area contributed by atoms with E-state index in [9.17, 15) is 14.7 Å². The monoisotopic (exact) mass is 1250 g/mol. The molecule has 5 rings (SSSR count). The molecule has 2 aromatic rings. The lowest BCUT2D eigenvalue weighted by Crippen LogP contribution is -2.63. The van der Waals surface area contributed by atoms with Crippen molar-refractivity contribution >= 4 is 28.6 Å². The second-order valence-corrected chi connectivity index (χ2v) is 37.7. The number of hydrogen-bond acceptors (Lipinski definition) is 15. The van der Waals surface area contributed by atoms with Crippen molar-refractivity contribution in [2.45, 2.75) is 282 Å². The molecular formula is C70H114O15Si2. The molecule has 0 saturated carbocycles. The minimum absolute atomic E-state index is 0.000418. The van der Waals surface area contributed by atoms with Crippen LogP contribution in [0.15, 0.2) is 90.6 Å². The van der Waals surface area contributed by atoms with Crippen molar-refractivity contribution in [3.63, 3.8) is 0 Å². The van der Waals surface area contributed by atoms with E-state index >= 15 is 0 Å². The Bertz CT molecular complexity index is 2450. The van der Waals surface area contributed by atoms with Crippen LogP contribution in [0.3, 0.4) is 0 Å². The average Bonchev–Trinajstić information content (AvgIpc) is 1.36. The van der Waals surface area contributed by atoms with Gasteiger partial charge in [-0.15, -0.1) is 0 Å². The molecule has 0 unspecified atom stereocenters. The maximum atomic E-state index is 14.2. The van der Waals surface area contributed by atoms with Crippen LogP contribution in [0.5, 0.6) is 5.75 Å². The molecule has 3 aliphatic heterocycles. The summed E-state index contributed by atoms with van der Waals surface area (Å²) in [6.07, 6.45) is 11.7. The second kappa shape index (κ2) is 34.2. The molecule has 0 spiro atoms. The van der Waals surface area contributed by atoms with Crippen molar-refractivity contribution in [1.29, 1.82) is 0 Å². The fraction of sp³-hybridized carbons (Fsp3) is 0.714. The quantitative estimate of drug-likeness (QED) is 0.0176. The summed E-state index contributed by atoms with van der Waals surface area (Å²) < 4.78 is 78.8. The topological polar surface area (TPSA) is 165 Å². The predicted octanol–water partition coefficient (Wildman–Crippen LogP) is 15.2. The normalized spacial score (nSPS) is 25.1. The number of rotatable bonds is 34. The van der Waals surface area contributed by atoms with E-state index in [0.717, 1.165) is 61.0 Å². The second-order valence-electron chi connectivity index (χ2n) is 28.2. The molecule has 1 N–H and O–H groups in total. The van der Waals surface area contributed by atoms with Crippen LogP contribution in [0.4, 0.5) is 0 Å². The molecule has 0 bridgehead atoms. The Morgan fingerprint density at radius 1 is 0.782 bits per heavy atom. The van der Waals surface area contributed by atoms with Crippen molar-refractivity contribution in [1.82, 2.24) is 0 Å². The molecule has 3 saturated heterocycles. The number of esters is 2. The third-order valence-electron chi connectivity index (χ3n) is 18.7. The van der Waals surface area contributed by atoms with Gasteiger partial charge in [0.2, 0.25) is 5.79 Å². The lowest BCUT2D eigenvalue weighted by molar-refractivity contribution is -0.338. The number of aliphatic hydroxyl groups is 1. The molecule has 11 atom stereocenters. The molecule has 17 heteroatoms. The van der Waals surface area contributed by atoms with Crippen molar-refractivity contribution < 1.29 is 70.9 Å². The highest BCUT2D eigenvalue weighted by atomic mass is 28.4. The van der Waals surface area contributed by atoms with E-state index in [-0.39, 0.29) is 72.9 Å². The minimum atomic E-state index is -2.44. The van der Waals surface area contributed by atoms with Crippen LogP contribution in [0, 0.1) is 5.41 Å². The highest BCUT2D eigenvalue weighted by molar-refractivity contribution is 6.74. The summed E-state index contributed by atoms with van der Waals surface area (Å²) in [7, 11) is -0.0392. The highest BCUT2D eigenvalue weighted by Crippen LogP contribution is 2.50. The van der Waals surface area contributed by atoms with Gasteiger partial charge in [0.25, 0.3) is 0 Å². The van der Waals surface area contributed by atoms with Crippen LogP contribution in [-0.4, -0.2) is 135 Å². The third-order valence-corrected chi connectivity index (χ3v) is 27.7. The Morgan fingerprint density at radius 2 is 1.45 bits per heavy atom. The first-order valence-corrected chi connectivity index (χ1v) is 38.1. The van der Waals surface area contributed by atoms with Crippen molar-refractivity contribution in [3.8, 4) is 5.75 Å².